The highest BCUT2D eigenvalue weighted by atomic mass is 32.2. The number of hydrogen-bond acceptors (Lipinski definition) is 9. The quantitative estimate of drug-likeness (QED) is 0.300. The van der Waals surface area contributed by atoms with Crippen LogP contribution in [0, 0.1) is 4.64 Å². The predicted molar refractivity (Wildman–Crippen MR) is 133 cm³/mol. The number of hydrogen-bond donors (Lipinski definition) is 2. The summed E-state index contributed by atoms with van der Waals surface area (Å²) in [7, 11) is -2.46. The Morgan fingerprint density at radius 2 is 1.76 bits per heavy atom. The summed E-state index contributed by atoms with van der Waals surface area (Å²) >= 11 is 6.66. The summed E-state index contributed by atoms with van der Waals surface area (Å²) in [5.74, 6) is 1.43. The maximum absolute atomic E-state index is 13.2. The Morgan fingerprint density at radius 1 is 1.06 bits per heavy atom. The number of H-pyrrole nitrogens is 1. The van der Waals surface area contributed by atoms with Gasteiger partial charge < -0.3 is 14.5 Å². The molecule has 0 amide bonds. The number of para-hydroxylation sites is 2. The molecule has 0 saturated heterocycles. The van der Waals surface area contributed by atoms with Crippen molar-refractivity contribution >= 4 is 39.4 Å². The molecule has 34 heavy (non-hydrogen) atoms. The molecular weight excluding hydrogens is 494 g/mol. The molecule has 4 rings (SSSR count). The van der Waals surface area contributed by atoms with Crippen molar-refractivity contribution in [2.75, 3.05) is 11.8 Å². The number of nitrogens with one attached hydrogen (secondary N) is 2. The van der Waals surface area contributed by atoms with E-state index in [9.17, 15) is 8.42 Å². The molecule has 3 heterocycles. The summed E-state index contributed by atoms with van der Waals surface area (Å²) in [4.78, 5) is 16.5. The van der Waals surface area contributed by atoms with E-state index >= 15 is 0 Å². The highest BCUT2D eigenvalue weighted by molar-refractivity contribution is 7.94. The standard InChI is InChI=1S/C22H21N5O4S3/c1-13(2)16-9-10-17(33-16)34(28,29)27-19-18(31-15-8-5-4-7-14(15)30-3)22(32)26-21(25-19)20-23-11-6-12-24-20/h4-13H,1-3H3,(H2,25,26,27,32). The molecule has 0 fully saturated rings. The normalized spacial score (nSPS) is 11.4. The number of aromatic nitrogens is 4. The molecule has 176 valence electrons. The first kappa shape index (κ1) is 23.8. The van der Waals surface area contributed by atoms with Crippen LogP contribution in [0.25, 0.3) is 11.6 Å². The third-order valence-electron chi connectivity index (χ3n) is 4.61. The van der Waals surface area contributed by atoms with Crippen molar-refractivity contribution in [1.82, 2.24) is 19.9 Å². The lowest BCUT2D eigenvalue weighted by Crippen LogP contribution is -2.14. The lowest BCUT2D eigenvalue weighted by atomic mass is 10.2. The third-order valence-corrected chi connectivity index (χ3v) is 8.11. The summed E-state index contributed by atoms with van der Waals surface area (Å²) in [6.45, 7) is 4.00. The molecule has 0 saturated carbocycles. The van der Waals surface area contributed by atoms with Crippen LogP contribution in [0.2, 0.25) is 0 Å². The lowest BCUT2D eigenvalue weighted by molar-refractivity contribution is 0.378. The van der Waals surface area contributed by atoms with E-state index in [-0.39, 0.29) is 38.0 Å². The number of thiophene rings is 1. The first-order valence-corrected chi connectivity index (χ1v) is 12.8. The fourth-order valence-corrected chi connectivity index (χ4v) is 5.53. The molecule has 12 heteroatoms. The van der Waals surface area contributed by atoms with E-state index in [1.165, 1.54) is 18.4 Å². The van der Waals surface area contributed by atoms with Gasteiger partial charge in [0, 0.05) is 17.3 Å². The maximum Gasteiger partial charge on any atom is 0.272 e. The molecule has 3 aromatic heterocycles. The summed E-state index contributed by atoms with van der Waals surface area (Å²) in [6, 6.07) is 12.0. The molecule has 0 aliphatic heterocycles. The van der Waals surface area contributed by atoms with Gasteiger partial charge in [0.2, 0.25) is 5.75 Å². The van der Waals surface area contributed by atoms with E-state index < -0.39 is 10.0 Å². The molecule has 0 unspecified atom stereocenters. The molecule has 0 radical (unpaired) electrons. The number of sulfonamides is 1. The second kappa shape index (κ2) is 9.87. The van der Waals surface area contributed by atoms with Gasteiger partial charge in [-0.2, -0.15) is 0 Å². The van der Waals surface area contributed by atoms with Crippen LogP contribution in [-0.2, 0) is 10.0 Å². The fraction of sp³-hybridized carbons (Fsp3) is 0.182. The minimum absolute atomic E-state index is 0.00661. The zero-order valence-electron chi connectivity index (χ0n) is 18.5. The third kappa shape index (κ3) is 5.08. The highest BCUT2D eigenvalue weighted by Crippen LogP contribution is 2.37. The van der Waals surface area contributed by atoms with E-state index in [1.54, 1.807) is 54.9 Å². The van der Waals surface area contributed by atoms with Gasteiger partial charge in [-0.1, -0.05) is 38.2 Å². The number of benzene rings is 1. The topological polar surface area (TPSA) is 119 Å². The number of methoxy groups -OCH3 is 1. The van der Waals surface area contributed by atoms with Crippen molar-refractivity contribution in [3.05, 3.63) is 64.4 Å². The van der Waals surface area contributed by atoms with E-state index in [0.29, 0.717) is 11.5 Å². The van der Waals surface area contributed by atoms with Crippen LogP contribution in [0.4, 0.5) is 5.82 Å². The van der Waals surface area contributed by atoms with Crippen molar-refractivity contribution in [2.24, 2.45) is 0 Å². The van der Waals surface area contributed by atoms with Gasteiger partial charge in [0.05, 0.1) is 7.11 Å². The van der Waals surface area contributed by atoms with Crippen LogP contribution in [0.3, 0.4) is 0 Å². The van der Waals surface area contributed by atoms with Crippen molar-refractivity contribution in [3.8, 4) is 28.9 Å². The Bertz CT molecular complexity index is 1470. The molecule has 2 N–H and O–H groups in total. The Hall–Kier alpha value is -3.35. The van der Waals surface area contributed by atoms with Crippen LogP contribution >= 0.6 is 23.6 Å². The minimum Gasteiger partial charge on any atom is -0.493 e. The Labute approximate surface area is 205 Å². The second-order valence-corrected chi connectivity index (χ2v) is 10.7. The van der Waals surface area contributed by atoms with Crippen LogP contribution in [0.15, 0.2) is 59.1 Å². The van der Waals surface area contributed by atoms with Crippen molar-refractivity contribution < 1.29 is 17.9 Å². The van der Waals surface area contributed by atoms with Crippen LogP contribution in [0.1, 0.15) is 24.6 Å². The Morgan fingerprint density at radius 3 is 2.41 bits per heavy atom. The first-order chi connectivity index (χ1) is 16.3. The smallest absolute Gasteiger partial charge is 0.272 e. The lowest BCUT2D eigenvalue weighted by Gasteiger charge is -2.15. The van der Waals surface area contributed by atoms with E-state index in [0.717, 1.165) is 4.88 Å². The summed E-state index contributed by atoms with van der Waals surface area (Å²) in [6.07, 6.45) is 3.09. The number of nitrogens with zero attached hydrogens (tertiary/aromatic N) is 3. The van der Waals surface area contributed by atoms with Gasteiger partial charge in [0.15, 0.2) is 33.6 Å². The molecule has 0 atom stereocenters. The summed E-state index contributed by atoms with van der Waals surface area (Å²) in [5, 5.41) is 0. The van der Waals surface area contributed by atoms with E-state index in [1.807, 2.05) is 13.8 Å². The van der Waals surface area contributed by atoms with Crippen LogP contribution in [0.5, 0.6) is 17.2 Å². The molecule has 4 aromatic rings. The van der Waals surface area contributed by atoms with Gasteiger partial charge in [-0.15, -0.1) is 11.3 Å². The van der Waals surface area contributed by atoms with Gasteiger partial charge in [-0.25, -0.2) is 23.4 Å². The van der Waals surface area contributed by atoms with Gasteiger partial charge >= 0.3 is 0 Å². The van der Waals surface area contributed by atoms with E-state index in [4.69, 9.17) is 21.7 Å². The van der Waals surface area contributed by atoms with Gasteiger partial charge in [-0.3, -0.25) is 4.72 Å². The predicted octanol–water partition coefficient (Wildman–Crippen LogP) is 5.38. The van der Waals surface area contributed by atoms with Gasteiger partial charge in [-0.05, 0) is 36.2 Å². The van der Waals surface area contributed by atoms with Crippen molar-refractivity contribution in [1.29, 1.82) is 0 Å². The molecule has 0 aliphatic rings. The minimum atomic E-state index is -3.96. The van der Waals surface area contributed by atoms with Crippen LogP contribution in [-0.4, -0.2) is 35.5 Å². The first-order valence-electron chi connectivity index (χ1n) is 10.1. The Balaban J connectivity index is 1.82. The number of aromatic amines is 1. The van der Waals surface area contributed by atoms with Crippen molar-refractivity contribution in [2.45, 2.75) is 24.0 Å². The molecule has 9 nitrogen and oxygen atoms in total. The Kier molecular flexibility index (Phi) is 6.91. The monoisotopic (exact) mass is 515 g/mol. The highest BCUT2D eigenvalue weighted by Gasteiger charge is 2.23. The largest absolute Gasteiger partial charge is 0.493 e. The molecular formula is C22H21N5O4S3. The average Bonchev–Trinajstić information content (AvgIpc) is 3.34. The fourth-order valence-electron chi connectivity index (χ4n) is 2.94. The molecule has 0 spiro atoms. The zero-order chi connectivity index (χ0) is 24.3. The summed E-state index contributed by atoms with van der Waals surface area (Å²) in [5.41, 5.74) is 0. The molecule has 1 aromatic carbocycles. The number of anilines is 1. The van der Waals surface area contributed by atoms with E-state index in [2.05, 4.69) is 24.7 Å². The number of ether oxygens (including phenoxy) is 2. The maximum atomic E-state index is 13.2. The zero-order valence-corrected chi connectivity index (χ0v) is 20.9. The molecule has 0 bridgehead atoms. The van der Waals surface area contributed by atoms with Crippen molar-refractivity contribution in [3.63, 3.8) is 0 Å². The van der Waals surface area contributed by atoms with Gasteiger partial charge in [0.1, 0.15) is 4.21 Å². The SMILES string of the molecule is COc1ccccc1Oc1c(NS(=O)(=O)c2ccc(C(C)C)s2)[nH]c(-c2ncccn2)nc1=S. The number of rotatable bonds is 8. The molecule has 0 aliphatic carbocycles. The second-order valence-electron chi connectivity index (χ2n) is 7.34. The summed E-state index contributed by atoms with van der Waals surface area (Å²) < 4.78 is 40.5. The van der Waals surface area contributed by atoms with Gasteiger partial charge in [0.25, 0.3) is 10.0 Å². The van der Waals surface area contributed by atoms with Crippen LogP contribution < -0.4 is 14.2 Å². The average molecular weight is 516 g/mol.